The molecular weight excluding hydrogens is 402 g/mol. The first-order chi connectivity index (χ1) is 15.0. The quantitative estimate of drug-likeness (QED) is 0.398. The summed E-state index contributed by atoms with van der Waals surface area (Å²) in [5.74, 6) is -0.148. The number of aliphatic hydroxyl groups excluding tert-OH is 4. The Balaban J connectivity index is 1.56. The molecule has 0 aromatic heterocycles. The number of aliphatic hydroxyl groups is 4. The number of hydrogen-bond donors (Lipinski definition) is 4. The van der Waals surface area contributed by atoms with Crippen LogP contribution in [0.2, 0.25) is 0 Å². The number of benzene rings is 2. The third kappa shape index (κ3) is 3.88. The molecule has 0 spiro atoms. The molecule has 0 bridgehead atoms. The van der Waals surface area contributed by atoms with Crippen LogP contribution in [0.3, 0.4) is 0 Å². The molecule has 0 saturated heterocycles. The van der Waals surface area contributed by atoms with Crippen molar-refractivity contribution >= 4 is 11.6 Å². The van der Waals surface area contributed by atoms with Gasteiger partial charge in [-0.05, 0) is 35.4 Å². The maximum Gasteiger partial charge on any atom is 0.194 e. The molecule has 0 amide bonds. The van der Waals surface area contributed by atoms with Crippen molar-refractivity contribution in [3.05, 3.63) is 63.7 Å². The lowest BCUT2D eigenvalue weighted by Gasteiger charge is -2.22. The van der Waals surface area contributed by atoms with E-state index in [1.54, 1.807) is 24.3 Å². The maximum absolute atomic E-state index is 13.2. The molecule has 2 atom stereocenters. The van der Waals surface area contributed by atoms with Crippen LogP contribution in [0.15, 0.2) is 30.3 Å². The van der Waals surface area contributed by atoms with Crippen LogP contribution in [-0.2, 0) is 6.42 Å². The van der Waals surface area contributed by atoms with E-state index in [2.05, 4.69) is 0 Å². The van der Waals surface area contributed by atoms with Gasteiger partial charge in [-0.15, -0.1) is 0 Å². The van der Waals surface area contributed by atoms with Gasteiger partial charge < -0.3 is 25.2 Å². The molecule has 2 unspecified atom stereocenters. The van der Waals surface area contributed by atoms with E-state index in [0.717, 1.165) is 0 Å². The molecule has 164 valence electrons. The number of ether oxygens (including phenoxy) is 1. The molecule has 2 aromatic rings. The van der Waals surface area contributed by atoms with E-state index in [1.165, 1.54) is 6.07 Å². The number of nitrogens with zero attached hydrogens (tertiary/aromatic N) is 1. The molecule has 0 heterocycles. The molecule has 8 heteroatoms. The van der Waals surface area contributed by atoms with Gasteiger partial charge in [-0.1, -0.05) is 6.07 Å². The van der Waals surface area contributed by atoms with Crippen LogP contribution in [0.4, 0.5) is 0 Å². The first kappa shape index (κ1) is 21.6. The third-order valence-corrected chi connectivity index (χ3v) is 5.91. The van der Waals surface area contributed by atoms with Gasteiger partial charge in [0.2, 0.25) is 0 Å². The average molecular weight is 427 g/mol. The van der Waals surface area contributed by atoms with E-state index in [4.69, 9.17) is 14.9 Å². The van der Waals surface area contributed by atoms with Crippen molar-refractivity contribution in [1.29, 1.82) is 0 Å². The Kier molecular flexibility index (Phi) is 6.17. The number of carbonyl (C=O) groups is 2. The number of hydrogen-bond acceptors (Lipinski definition) is 8. The maximum atomic E-state index is 13.2. The van der Waals surface area contributed by atoms with Gasteiger partial charge in [-0.3, -0.25) is 14.5 Å². The fraction of sp³-hybridized carbons (Fsp3) is 0.391. The Hall–Kier alpha value is -2.62. The second-order valence-corrected chi connectivity index (χ2v) is 7.78. The minimum absolute atomic E-state index is 0.0212. The Morgan fingerprint density at radius 2 is 1.61 bits per heavy atom. The predicted octanol–water partition coefficient (Wildman–Crippen LogP) is 0.0778. The van der Waals surface area contributed by atoms with Crippen LogP contribution in [0.1, 0.15) is 49.1 Å². The zero-order valence-corrected chi connectivity index (χ0v) is 17.0. The third-order valence-electron chi connectivity index (χ3n) is 5.91. The van der Waals surface area contributed by atoms with Crippen molar-refractivity contribution in [1.82, 2.24) is 4.90 Å². The van der Waals surface area contributed by atoms with Crippen LogP contribution in [0.25, 0.3) is 0 Å². The fourth-order valence-corrected chi connectivity index (χ4v) is 4.33. The molecule has 31 heavy (non-hydrogen) atoms. The zero-order chi connectivity index (χ0) is 22.1. The fourth-order valence-electron chi connectivity index (χ4n) is 4.33. The molecule has 0 aliphatic heterocycles. The first-order valence-electron chi connectivity index (χ1n) is 10.3. The van der Waals surface area contributed by atoms with Crippen LogP contribution >= 0.6 is 0 Å². The summed E-state index contributed by atoms with van der Waals surface area (Å²) in [4.78, 5) is 28.2. The Bertz CT molecular complexity index is 1010. The molecule has 0 radical (unpaired) electrons. The largest absolute Gasteiger partial charge is 0.492 e. The molecular formula is C23H25NO7. The van der Waals surface area contributed by atoms with E-state index in [9.17, 15) is 19.8 Å². The molecule has 8 nitrogen and oxygen atoms in total. The normalized spacial score (nSPS) is 19.4. The van der Waals surface area contributed by atoms with Crippen LogP contribution < -0.4 is 4.74 Å². The highest BCUT2D eigenvalue weighted by atomic mass is 16.5. The minimum Gasteiger partial charge on any atom is -0.492 e. The summed E-state index contributed by atoms with van der Waals surface area (Å²) in [5.41, 5.74) is 2.10. The highest BCUT2D eigenvalue weighted by molar-refractivity contribution is 6.29. The number of carbonyl (C=O) groups excluding carboxylic acids is 2. The van der Waals surface area contributed by atoms with Gasteiger partial charge in [0.25, 0.3) is 0 Å². The Morgan fingerprint density at radius 1 is 0.903 bits per heavy atom. The Morgan fingerprint density at radius 3 is 2.32 bits per heavy atom. The minimum atomic E-state index is -1.06. The zero-order valence-electron chi connectivity index (χ0n) is 17.0. The summed E-state index contributed by atoms with van der Waals surface area (Å²) >= 11 is 0. The SMILES string of the molecule is O=C1c2cc(OCCN(CCO)CCO)ccc2C(=O)c2c1ccc1c2CC(O)C1O. The molecule has 4 N–H and O–H groups in total. The molecule has 2 aliphatic carbocycles. The number of ketones is 2. The van der Waals surface area contributed by atoms with Crippen molar-refractivity contribution < 1.29 is 34.8 Å². The monoisotopic (exact) mass is 427 g/mol. The lowest BCUT2D eigenvalue weighted by Crippen LogP contribution is -2.33. The number of fused-ring (bicyclic) bond motifs is 4. The first-order valence-corrected chi connectivity index (χ1v) is 10.3. The standard InChI is InChI=1S/C23H25NO7/c25-8-5-24(6-9-26)7-10-31-13-1-2-15-18(11-13)21(28)16-4-3-14-17(20(16)23(15)30)12-19(27)22(14)29/h1-4,11,19,22,25-27,29H,5-10,12H2. The second kappa shape index (κ2) is 8.86. The predicted molar refractivity (Wildman–Crippen MR) is 111 cm³/mol. The summed E-state index contributed by atoms with van der Waals surface area (Å²) < 4.78 is 5.73. The second-order valence-electron chi connectivity index (χ2n) is 7.78. The van der Waals surface area contributed by atoms with Gasteiger partial charge in [0.1, 0.15) is 18.5 Å². The van der Waals surface area contributed by atoms with Crippen molar-refractivity contribution in [2.45, 2.75) is 18.6 Å². The molecule has 0 fully saturated rings. The van der Waals surface area contributed by atoms with Crippen molar-refractivity contribution in [3.63, 3.8) is 0 Å². The number of rotatable bonds is 8. The molecule has 2 aliphatic rings. The summed E-state index contributed by atoms with van der Waals surface area (Å²) in [5, 5.41) is 38.3. The summed E-state index contributed by atoms with van der Waals surface area (Å²) in [6, 6.07) is 7.88. The van der Waals surface area contributed by atoms with Gasteiger partial charge in [0, 0.05) is 48.3 Å². The van der Waals surface area contributed by atoms with Crippen LogP contribution in [0.5, 0.6) is 5.75 Å². The van der Waals surface area contributed by atoms with E-state index in [0.29, 0.717) is 43.1 Å². The Labute approximate surface area is 179 Å². The van der Waals surface area contributed by atoms with Gasteiger partial charge in [-0.2, -0.15) is 0 Å². The topological polar surface area (TPSA) is 128 Å². The van der Waals surface area contributed by atoms with Crippen molar-refractivity contribution in [2.24, 2.45) is 0 Å². The van der Waals surface area contributed by atoms with Gasteiger partial charge in [0.15, 0.2) is 11.6 Å². The summed E-state index contributed by atoms with van der Waals surface area (Å²) in [6.45, 7) is 1.59. The van der Waals surface area contributed by atoms with E-state index >= 15 is 0 Å². The van der Waals surface area contributed by atoms with Gasteiger partial charge in [-0.25, -0.2) is 0 Å². The highest BCUT2D eigenvalue weighted by Gasteiger charge is 2.38. The van der Waals surface area contributed by atoms with Crippen molar-refractivity contribution in [3.8, 4) is 5.75 Å². The highest BCUT2D eigenvalue weighted by Crippen LogP contribution is 2.39. The van der Waals surface area contributed by atoms with Gasteiger partial charge in [0.05, 0.1) is 19.3 Å². The lowest BCUT2D eigenvalue weighted by atomic mass is 9.80. The van der Waals surface area contributed by atoms with Gasteiger partial charge >= 0.3 is 0 Å². The lowest BCUT2D eigenvalue weighted by molar-refractivity contribution is 0.0326. The summed E-state index contributed by atoms with van der Waals surface area (Å²) in [6.07, 6.45) is -1.91. The van der Waals surface area contributed by atoms with Crippen LogP contribution in [-0.4, -0.2) is 82.5 Å². The van der Waals surface area contributed by atoms with E-state index in [-0.39, 0.29) is 53.5 Å². The summed E-state index contributed by atoms with van der Waals surface area (Å²) in [7, 11) is 0. The van der Waals surface area contributed by atoms with E-state index in [1.807, 2.05) is 4.90 Å². The van der Waals surface area contributed by atoms with Crippen molar-refractivity contribution in [2.75, 3.05) is 39.5 Å². The van der Waals surface area contributed by atoms with Crippen LogP contribution in [0, 0.1) is 0 Å². The average Bonchev–Trinajstić information content (AvgIpc) is 3.05. The van der Waals surface area contributed by atoms with E-state index < -0.39 is 12.2 Å². The molecule has 2 aromatic carbocycles. The smallest absolute Gasteiger partial charge is 0.194 e. The molecule has 0 saturated carbocycles. The molecule has 4 rings (SSSR count).